The Balaban J connectivity index is 1.31. The van der Waals surface area contributed by atoms with E-state index in [2.05, 4.69) is 5.32 Å². The summed E-state index contributed by atoms with van der Waals surface area (Å²) in [6.07, 6.45) is 1.36. The maximum Gasteiger partial charge on any atom is 0.335 e. The zero-order valence-corrected chi connectivity index (χ0v) is 22.5. The van der Waals surface area contributed by atoms with E-state index in [1.807, 2.05) is 31.2 Å². The lowest BCUT2D eigenvalue weighted by Gasteiger charge is -2.26. The number of benzene rings is 4. The Bertz CT molecular complexity index is 1680. The zero-order chi connectivity index (χ0) is 29.6. The number of anilines is 1. The Morgan fingerprint density at radius 3 is 2.10 bits per heavy atom. The van der Waals surface area contributed by atoms with Crippen LogP contribution in [0.4, 0.5) is 16.2 Å². The Kier molecular flexibility index (Phi) is 8.05. The Hall–Kier alpha value is -5.77. The van der Waals surface area contributed by atoms with Crippen LogP contribution in [-0.4, -0.2) is 22.8 Å². The summed E-state index contributed by atoms with van der Waals surface area (Å²) in [7, 11) is 0. The Morgan fingerprint density at radius 1 is 0.810 bits per heavy atom. The van der Waals surface area contributed by atoms with Crippen molar-refractivity contribution in [1.29, 1.82) is 0 Å². The van der Waals surface area contributed by atoms with Crippen molar-refractivity contribution in [3.63, 3.8) is 0 Å². The summed E-state index contributed by atoms with van der Waals surface area (Å²) in [6.45, 7) is 2.46. The molecule has 10 heteroatoms. The van der Waals surface area contributed by atoms with Crippen LogP contribution in [0.1, 0.15) is 22.3 Å². The molecule has 0 aromatic heterocycles. The van der Waals surface area contributed by atoms with Crippen LogP contribution < -0.4 is 19.7 Å². The fourth-order valence-corrected chi connectivity index (χ4v) is 4.20. The molecule has 4 amide bonds. The standard InChI is InChI=1S/C32H25N3O7/c1-21-6-8-22(9-7-21)19-41-27-16-14-25(15-17-27)34-31(37)28(30(36)33-32(34)38)18-24-4-2-3-5-29(24)42-20-23-10-12-26(13-11-23)35(39)40/h2-18H,19-20H2,1H3,(H,33,36,38)/b28-18+. The molecule has 0 aliphatic carbocycles. The topological polar surface area (TPSA) is 128 Å². The highest BCUT2D eigenvalue weighted by Crippen LogP contribution is 2.27. The number of nitrogens with one attached hydrogen (secondary N) is 1. The summed E-state index contributed by atoms with van der Waals surface area (Å²) >= 11 is 0. The number of nitrogens with zero attached hydrogens (tertiary/aromatic N) is 2. The van der Waals surface area contributed by atoms with Crippen LogP contribution in [-0.2, 0) is 22.8 Å². The van der Waals surface area contributed by atoms with Crippen molar-refractivity contribution in [1.82, 2.24) is 5.32 Å². The van der Waals surface area contributed by atoms with Crippen LogP contribution in [0.2, 0.25) is 0 Å². The molecular formula is C32H25N3O7. The van der Waals surface area contributed by atoms with E-state index in [9.17, 15) is 24.5 Å². The van der Waals surface area contributed by atoms with Crippen molar-refractivity contribution in [3.05, 3.63) is 135 Å². The second kappa shape index (κ2) is 12.2. The monoisotopic (exact) mass is 563 g/mol. The van der Waals surface area contributed by atoms with E-state index in [1.54, 1.807) is 60.7 Å². The van der Waals surface area contributed by atoms with E-state index >= 15 is 0 Å². The van der Waals surface area contributed by atoms with Gasteiger partial charge in [-0.1, -0.05) is 48.0 Å². The number of nitro benzene ring substituents is 1. The maximum atomic E-state index is 13.4. The van der Waals surface area contributed by atoms with E-state index in [1.165, 1.54) is 18.2 Å². The van der Waals surface area contributed by atoms with Crippen LogP contribution in [0, 0.1) is 17.0 Å². The highest BCUT2D eigenvalue weighted by atomic mass is 16.6. The first-order chi connectivity index (χ1) is 20.3. The lowest BCUT2D eigenvalue weighted by atomic mass is 10.1. The number of carbonyl (C=O) groups excluding carboxylic acids is 3. The first-order valence-electron chi connectivity index (χ1n) is 12.9. The van der Waals surface area contributed by atoms with E-state index in [4.69, 9.17) is 9.47 Å². The number of rotatable bonds is 9. The van der Waals surface area contributed by atoms with Crippen molar-refractivity contribution in [2.45, 2.75) is 20.1 Å². The molecule has 10 nitrogen and oxygen atoms in total. The van der Waals surface area contributed by atoms with Gasteiger partial charge in [-0.15, -0.1) is 0 Å². The minimum atomic E-state index is -0.863. The molecule has 4 aromatic carbocycles. The van der Waals surface area contributed by atoms with Gasteiger partial charge in [-0.05, 0) is 66.6 Å². The van der Waals surface area contributed by atoms with Crippen molar-refractivity contribution in [2.24, 2.45) is 0 Å². The van der Waals surface area contributed by atoms with Crippen molar-refractivity contribution in [2.75, 3.05) is 4.90 Å². The van der Waals surface area contributed by atoms with Crippen molar-refractivity contribution in [3.8, 4) is 11.5 Å². The molecule has 42 heavy (non-hydrogen) atoms. The van der Waals surface area contributed by atoms with Crippen LogP contribution in [0.15, 0.2) is 103 Å². The van der Waals surface area contributed by atoms with Crippen molar-refractivity contribution >= 4 is 35.3 Å². The van der Waals surface area contributed by atoms with Crippen LogP contribution in [0.3, 0.4) is 0 Å². The van der Waals surface area contributed by atoms with Gasteiger partial charge >= 0.3 is 6.03 Å². The number of hydrogen-bond donors (Lipinski definition) is 1. The van der Waals surface area contributed by atoms with Gasteiger partial charge in [-0.25, -0.2) is 9.69 Å². The van der Waals surface area contributed by atoms with Crippen LogP contribution in [0.25, 0.3) is 6.08 Å². The van der Waals surface area contributed by atoms with Gasteiger partial charge in [0.2, 0.25) is 0 Å². The lowest BCUT2D eigenvalue weighted by molar-refractivity contribution is -0.384. The Labute approximate surface area is 241 Å². The van der Waals surface area contributed by atoms with Gasteiger partial charge in [0, 0.05) is 17.7 Å². The summed E-state index contributed by atoms with van der Waals surface area (Å²) < 4.78 is 11.7. The molecule has 1 aliphatic heterocycles. The molecule has 0 radical (unpaired) electrons. The number of barbiturate groups is 1. The Morgan fingerprint density at radius 2 is 1.43 bits per heavy atom. The predicted octanol–water partition coefficient (Wildman–Crippen LogP) is 5.73. The van der Waals surface area contributed by atoms with Gasteiger partial charge in [0.05, 0.1) is 10.6 Å². The highest BCUT2D eigenvalue weighted by Gasteiger charge is 2.37. The zero-order valence-electron chi connectivity index (χ0n) is 22.5. The van der Waals surface area contributed by atoms with Crippen LogP contribution in [0.5, 0.6) is 11.5 Å². The van der Waals surface area contributed by atoms with Gasteiger partial charge in [-0.2, -0.15) is 0 Å². The van der Waals surface area contributed by atoms with E-state index < -0.39 is 22.8 Å². The molecule has 1 fully saturated rings. The summed E-state index contributed by atoms with van der Waals surface area (Å²) in [5.74, 6) is -0.690. The number of hydrogen-bond acceptors (Lipinski definition) is 7. The number of nitro groups is 1. The van der Waals surface area contributed by atoms with E-state index in [-0.39, 0.29) is 23.6 Å². The summed E-state index contributed by atoms with van der Waals surface area (Å²) in [5, 5.41) is 13.1. The number of para-hydroxylation sites is 1. The average Bonchev–Trinajstić information content (AvgIpc) is 2.99. The largest absolute Gasteiger partial charge is 0.489 e. The van der Waals surface area contributed by atoms with E-state index in [0.29, 0.717) is 29.2 Å². The number of aryl methyl sites for hydroxylation is 1. The molecule has 5 rings (SSSR count). The highest BCUT2D eigenvalue weighted by molar-refractivity contribution is 6.39. The fourth-order valence-electron chi connectivity index (χ4n) is 4.20. The molecule has 4 aromatic rings. The molecule has 0 atom stereocenters. The fraction of sp³-hybridized carbons (Fsp3) is 0.0938. The molecule has 0 unspecified atom stereocenters. The third-order valence-corrected chi connectivity index (χ3v) is 6.48. The quantitative estimate of drug-likeness (QED) is 0.119. The minimum absolute atomic E-state index is 0.0331. The number of carbonyl (C=O) groups is 3. The van der Waals surface area contributed by atoms with Crippen molar-refractivity contribution < 1.29 is 28.8 Å². The third-order valence-electron chi connectivity index (χ3n) is 6.48. The number of imide groups is 2. The SMILES string of the molecule is Cc1ccc(COc2ccc(N3C(=O)NC(=O)/C(=C\c4ccccc4OCc4ccc([N+](=O)[O-])cc4)C3=O)cc2)cc1. The molecule has 0 saturated carbocycles. The molecule has 1 aliphatic rings. The first-order valence-corrected chi connectivity index (χ1v) is 12.9. The minimum Gasteiger partial charge on any atom is -0.489 e. The van der Waals surface area contributed by atoms with Gasteiger partial charge in [0.1, 0.15) is 30.3 Å². The van der Waals surface area contributed by atoms with Gasteiger partial charge in [-0.3, -0.25) is 25.0 Å². The van der Waals surface area contributed by atoms with E-state index in [0.717, 1.165) is 16.0 Å². The van der Waals surface area contributed by atoms with Gasteiger partial charge in [0.25, 0.3) is 17.5 Å². The molecule has 0 bridgehead atoms. The number of amides is 4. The summed E-state index contributed by atoms with van der Waals surface area (Å²) in [5.41, 5.74) is 3.26. The normalized spacial score (nSPS) is 14.1. The molecule has 1 heterocycles. The van der Waals surface area contributed by atoms with Crippen LogP contribution >= 0.6 is 0 Å². The number of non-ortho nitro benzene ring substituents is 1. The maximum absolute atomic E-state index is 13.4. The summed E-state index contributed by atoms with van der Waals surface area (Å²) in [4.78, 5) is 50.1. The third kappa shape index (κ3) is 6.34. The smallest absolute Gasteiger partial charge is 0.335 e. The predicted molar refractivity (Wildman–Crippen MR) is 155 cm³/mol. The molecule has 1 saturated heterocycles. The molecule has 210 valence electrons. The van der Waals surface area contributed by atoms with Gasteiger partial charge < -0.3 is 9.47 Å². The van der Waals surface area contributed by atoms with Gasteiger partial charge in [0.15, 0.2) is 0 Å². The average molecular weight is 564 g/mol. The molecule has 0 spiro atoms. The summed E-state index contributed by atoms with van der Waals surface area (Å²) in [6, 6.07) is 26.2. The number of urea groups is 1. The lowest BCUT2D eigenvalue weighted by Crippen LogP contribution is -2.54. The second-order valence-electron chi connectivity index (χ2n) is 9.48. The molecular weight excluding hydrogens is 538 g/mol. The first kappa shape index (κ1) is 27.8. The number of ether oxygens (including phenoxy) is 2. The molecule has 1 N–H and O–H groups in total. The second-order valence-corrected chi connectivity index (χ2v) is 9.48.